The Morgan fingerprint density at radius 1 is 1.32 bits per heavy atom. The molecule has 3 rings (SSSR count). The maximum Gasteiger partial charge on any atom is 0.270 e. The molecule has 5 nitrogen and oxygen atoms in total. The van der Waals surface area contributed by atoms with Gasteiger partial charge >= 0.3 is 0 Å². The van der Waals surface area contributed by atoms with Gasteiger partial charge in [0.1, 0.15) is 23.5 Å². The van der Waals surface area contributed by atoms with Crippen LogP contribution in [0.2, 0.25) is 0 Å². The molecule has 2 aromatic heterocycles. The standard InChI is InChI=1S/C16H15FN4O/c1-10-3-4-12(17)7-11(10)8-18-16(22)14-13-5-6-21(2)15(13)20-9-19-14/h3-7,9H,8H2,1-2H3,(H,18,22). The van der Waals surface area contributed by atoms with Crippen LogP contribution in [-0.4, -0.2) is 20.4 Å². The first-order valence-electron chi connectivity index (χ1n) is 6.85. The molecule has 112 valence electrons. The molecule has 0 bridgehead atoms. The van der Waals surface area contributed by atoms with E-state index in [0.29, 0.717) is 16.7 Å². The summed E-state index contributed by atoms with van der Waals surface area (Å²) < 4.78 is 15.1. The van der Waals surface area contributed by atoms with Crippen molar-refractivity contribution in [3.8, 4) is 0 Å². The van der Waals surface area contributed by atoms with E-state index in [1.807, 2.05) is 24.7 Å². The summed E-state index contributed by atoms with van der Waals surface area (Å²) in [5.74, 6) is -0.621. The number of fused-ring (bicyclic) bond motifs is 1. The van der Waals surface area contributed by atoms with Crippen LogP contribution in [0, 0.1) is 12.7 Å². The fourth-order valence-corrected chi connectivity index (χ4v) is 2.35. The van der Waals surface area contributed by atoms with Crippen molar-refractivity contribution in [2.75, 3.05) is 0 Å². The molecule has 0 aliphatic rings. The highest BCUT2D eigenvalue weighted by Gasteiger charge is 2.14. The Balaban J connectivity index is 1.83. The average molecular weight is 298 g/mol. The van der Waals surface area contributed by atoms with Gasteiger partial charge in [0.05, 0.1) is 5.39 Å². The maximum absolute atomic E-state index is 13.3. The van der Waals surface area contributed by atoms with Crippen molar-refractivity contribution in [3.63, 3.8) is 0 Å². The molecule has 6 heteroatoms. The minimum atomic E-state index is -0.317. The van der Waals surface area contributed by atoms with E-state index in [1.165, 1.54) is 18.5 Å². The van der Waals surface area contributed by atoms with Crippen molar-refractivity contribution in [3.05, 3.63) is 59.4 Å². The van der Waals surface area contributed by atoms with Crippen LogP contribution in [-0.2, 0) is 13.6 Å². The highest BCUT2D eigenvalue weighted by atomic mass is 19.1. The Hall–Kier alpha value is -2.76. The number of carbonyl (C=O) groups excluding carboxylic acids is 1. The zero-order valence-corrected chi connectivity index (χ0v) is 12.3. The summed E-state index contributed by atoms with van der Waals surface area (Å²) >= 11 is 0. The quantitative estimate of drug-likeness (QED) is 0.807. The second-order valence-electron chi connectivity index (χ2n) is 5.14. The number of nitrogens with one attached hydrogen (secondary N) is 1. The first-order chi connectivity index (χ1) is 10.6. The predicted octanol–water partition coefficient (Wildman–Crippen LogP) is 2.35. The first-order valence-corrected chi connectivity index (χ1v) is 6.85. The van der Waals surface area contributed by atoms with Crippen molar-refractivity contribution in [1.82, 2.24) is 19.9 Å². The Labute approximate surface area is 126 Å². The van der Waals surface area contributed by atoms with E-state index in [2.05, 4.69) is 15.3 Å². The largest absolute Gasteiger partial charge is 0.347 e. The van der Waals surface area contributed by atoms with Gasteiger partial charge in [0.25, 0.3) is 5.91 Å². The molecular weight excluding hydrogens is 283 g/mol. The SMILES string of the molecule is Cc1ccc(F)cc1CNC(=O)c1ncnc2c1ccn2C. The molecule has 1 N–H and O–H groups in total. The number of rotatable bonds is 3. The molecule has 1 aromatic carbocycles. The molecule has 22 heavy (non-hydrogen) atoms. The second-order valence-corrected chi connectivity index (χ2v) is 5.14. The van der Waals surface area contributed by atoms with Crippen LogP contribution < -0.4 is 5.32 Å². The molecular formula is C16H15FN4O. The lowest BCUT2D eigenvalue weighted by Crippen LogP contribution is -2.24. The third kappa shape index (κ3) is 2.55. The minimum Gasteiger partial charge on any atom is -0.347 e. The molecule has 0 spiro atoms. The van der Waals surface area contributed by atoms with Crippen molar-refractivity contribution < 1.29 is 9.18 Å². The Kier molecular flexibility index (Phi) is 3.58. The number of aromatic nitrogens is 3. The van der Waals surface area contributed by atoms with E-state index in [9.17, 15) is 9.18 Å². The Morgan fingerprint density at radius 3 is 2.95 bits per heavy atom. The summed E-state index contributed by atoms with van der Waals surface area (Å²) in [5, 5.41) is 3.47. The van der Waals surface area contributed by atoms with Crippen LogP contribution in [0.25, 0.3) is 11.0 Å². The third-order valence-electron chi connectivity index (χ3n) is 3.63. The smallest absolute Gasteiger partial charge is 0.270 e. The van der Waals surface area contributed by atoms with E-state index in [1.54, 1.807) is 12.1 Å². The van der Waals surface area contributed by atoms with Gasteiger partial charge < -0.3 is 9.88 Å². The van der Waals surface area contributed by atoms with Crippen LogP contribution in [0.1, 0.15) is 21.6 Å². The highest BCUT2D eigenvalue weighted by molar-refractivity contribution is 6.03. The van der Waals surface area contributed by atoms with Gasteiger partial charge in [0.2, 0.25) is 0 Å². The van der Waals surface area contributed by atoms with Crippen molar-refractivity contribution in [1.29, 1.82) is 0 Å². The van der Waals surface area contributed by atoms with Crippen molar-refractivity contribution in [2.45, 2.75) is 13.5 Å². The average Bonchev–Trinajstić information content (AvgIpc) is 2.89. The van der Waals surface area contributed by atoms with Crippen LogP contribution in [0.5, 0.6) is 0 Å². The van der Waals surface area contributed by atoms with E-state index in [4.69, 9.17) is 0 Å². The summed E-state index contributed by atoms with van der Waals surface area (Å²) in [6.07, 6.45) is 3.19. The number of hydrogen-bond acceptors (Lipinski definition) is 3. The Bertz CT molecular complexity index is 856. The topological polar surface area (TPSA) is 59.8 Å². The van der Waals surface area contributed by atoms with Crippen molar-refractivity contribution in [2.24, 2.45) is 7.05 Å². The van der Waals surface area contributed by atoms with Gasteiger partial charge in [0, 0.05) is 19.8 Å². The zero-order valence-electron chi connectivity index (χ0n) is 12.3. The molecule has 0 saturated heterocycles. The molecule has 0 fully saturated rings. The van der Waals surface area contributed by atoms with Gasteiger partial charge in [-0.2, -0.15) is 0 Å². The monoisotopic (exact) mass is 298 g/mol. The van der Waals surface area contributed by atoms with Gasteiger partial charge in [-0.3, -0.25) is 4.79 Å². The lowest BCUT2D eigenvalue weighted by Gasteiger charge is -2.08. The molecule has 2 heterocycles. The summed E-state index contributed by atoms with van der Waals surface area (Å²) in [6.45, 7) is 2.13. The fraction of sp³-hybridized carbons (Fsp3) is 0.188. The normalized spacial score (nSPS) is 10.9. The maximum atomic E-state index is 13.3. The molecule has 0 radical (unpaired) electrons. The molecule has 0 aliphatic heterocycles. The first kappa shape index (κ1) is 14.2. The molecule has 0 aliphatic carbocycles. The van der Waals surface area contributed by atoms with E-state index >= 15 is 0 Å². The summed E-state index contributed by atoms with van der Waals surface area (Å²) in [7, 11) is 1.85. The van der Waals surface area contributed by atoms with Gasteiger partial charge in [-0.15, -0.1) is 0 Å². The van der Waals surface area contributed by atoms with E-state index < -0.39 is 0 Å². The molecule has 0 atom stereocenters. The molecule has 3 aromatic rings. The number of nitrogens with zero attached hydrogens (tertiary/aromatic N) is 3. The summed E-state index contributed by atoms with van der Waals surface area (Å²) in [5.41, 5.74) is 2.68. The molecule has 1 amide bonds. The van der Waals surface area contributed by atoms with E-state index in [-0.39, 0.29) is 18.3 Å². The van der Waals surface area contributed by atoms with E-state index in [0.717, 1.165) is 11.1 Å². The second kappa shape index (κ2) is 5.55. The number of halogens is 1. The summed E-state index contributed by atoms with van der Waals surface area (Å²) in [6, 6.07) is 6.32. The number of hydrogen-bond donors (Lipinski definition) is 1. The van der Waals surface area contributed by atoms with Crippen LogP contribution >= 0.6 is 0 Å². The Morgan fingerprint density at radius 2 is 2.14 bits per heavy atom. The van der Waals surface area contributed by atoms with Crippen LogP contribution in [0.4, 0.5) is 4.39 Å². The van der Waals surface area contributed by atoms with Crippen LogP contribution in [0.3, 0.4) is 0 Å². The van der Waals surface area contributed by atoms with Crippen molar-refractivity contribution >= 4 is 16.9 Å². The highest BCUT2D eigenvalue weighted by Crippen LogP contribution is 2.15. The fourth-order valence-electron chi connectivity index (χ4n) is 2.35. The third-order valence-corrected chi connectivity index (χ3v) is 3.63. The lowest BCUT2D eigenvalue weighted by atomic mass is 10.1. The van der Waals surface area contributed by atoms with Crippen LogP contribution in [0.15, 0.2) is 36.8 Å². The predicted molar refractivity (Wildman–Crippen MR) is 80.8 cm³/mol. The number of aryl methyl sites for hydroxylation is 2. The number of amides is 1. The van der Waals surface area contributed by atoms with Gasteiger partial charge in [-0.1, -0.05) is 6.07 Å². The number of benzene rings is 1. The minimum absolute atomic E-state index is 0.251. The van der Waals surface area contributed by atoms with Gasteiger partial charge in [-0.05, 0) is 36.2 Å². The lowest BCUT2D eigenvalue weighted by molar-refractivity contribution is 0.0947. The zero-order chi connectivity index (χ0) is 15.7. The molecule has 0 saturated carbocycles. The summed E-state index contributed by atoms with van der Waals surface area (Å²) in [4.78, 5) is 20.5. The van der Waals surface area contributed by atoms with Gasteiger partial charge in [0.15, 0.2) is 0 Å². The van der Waals surface area contributed by atoms with Gasteiger partial charge in [-0.25, -0.2) is 14.4 Å². The number of carbonyl (C=O) groups is 1. The molecule has 0 unspecified atom stereocenters.